The molecule has 0 aliphatic carbocycles. The zero-order valence-corrected chi connectivity index (χ0v) is 13.8. The van der Waals surface area contributed by atoms with E-state index in [9.17, 15) is 4.79 Å². The van der Waals surface area contributed by atoms with Crippen molar-refractivity contribution in [1.29, 1.82) is 0 Å². The average Bonchev–Trinajstić information content (AvgIpc) is 2.34. The number of alkyl carbamates (subject to hydrolysis) is 1. The fourth-order valence-electron chi connectivity index (χ4n) is 1.59. The number of nitrogens with one attached hydrogen (secondary N) is 1. The van der Waals surface area contributed by atoms with Gasteiger partial charge in [-0.1, -0.05) is 12.1 Å². The lowest BCUT2D eigenvalue weighted by Gasteiger charge is -2.21. The Labute approximate surface area is 127 Å². The summed E-state index contributed by atoms with van der Waals surface area (Å²) < 4.78 is 11.2. The summed E-state index contributed by atoms with van der Waals surface area (Å²) in [4.78, 5) is 11.6. The topological polar surface area (TPSA) is 73.6 Å². The molecule has 1 rings (SSSR count). The van der Waals surface area contributed by atoms with Crippen LogP contribution in [0, 0.1) is 0 Å². The Kier molecular flexibility index (Phi) is 5.83. The molecule has 1 aromatic rings. The van der Waals surface area contributed by atoms with Crippen molar-refractivity contribution in [3.8, 4) is 5.75 Å². The number of methoxy groups -OCH3 is 1. The lowest BCUT2D eigenvalue weighted by Crippen LogP contribution is -2.36. The number of hydrogen-bond acceptors (Lipinski definition) is 4. The largest absolute Gasteiger partial charge is 0.496 e. The van der Waals surface area contributed by atoms with Crippen molar-refractivity contribution in [2.45, 2.75) is 32.4 Å². The summed E-state index contributed by atoms with van der Waals surface area (Å²) in [6.07, 6.45) is -0.480. The number of halogens is 1. The van der Waals surface area contributed by atoms with Gasteiger partial charge in [0.2, 0.25) is 0 Å². The van der Waals surface area contributed by atoms with Crippen LogP contribution in [0.3, 0.4) is 0 Å². The van der Waals surface area contributed by atoms with E-state index >= 15 is 0 Å². The first-order valence-electron chi connectivity index (χ1n) is 6.29. The van der Waals surface area contributed by atoms with Crippen molar-refractivity contribution in [2.75, 3.05) is 13.7 Å². The summed E-state index contributed by atoms with van der Waals surface area (Å²) in [5.74, 6) is 0.704. The second-order valence-electron chi connectivity index (χ2n) is 5.35. The quantitative estimate of drug-likeness (QED) is 0.880. The molecule has 112 valence electrons. The van der Waals surface area contributed by atoms with Gasteiger partial charge < -0.3 is 20.5 Å². The van der Waals surface area contributed by atoms with Gasteiger partial charge in [-0.25, -0.2) is 4.79 Å². The van der Waals surface area contributed by atoms with E-state index in [-0.39, 0.29) is 12.6 Å². The first-order chi connectivity index (χ1) is 9.24. The minimum atomic E-state index is -0.523. The molecule has 3 N–H and O–H groups in total. The molecule has 0 saturated carbocycles. The Hall–Kier alpha value is -1.27. The van der Waals surface area contributed by atoms with Crippen LogP contribution < -0.4 is 15.8 Å². The Morgan fingerprint density at radius 3 is 2.65 bits per heavy atom. The van der Waals surface area contributed by atoms with Gasteiger partial charge in [0, 0.05) is 12.6 Å². The highest BCUT2D eigenvalue weighted by Gasteiger charge is 2.18. The standard InChI is InChI=1S/C14H21BrN2O3/c1-14(2,3)20-13(18)17-8-10(16)9-6-5-7-11(19-4)12(9)15/h5-7,10H,8,16H2,1-4H3,(H,17,18). The van der Waals surface area contributed by atoms with E-state index in [1.165, 1.54) is 0 Å². The number of benzene rings is 1. The Morgan fingerprint density at radius 1 is 1.45 bits per heavy atom. The molecule has 20 heavy (non-hydrogen) atoms. The van der Waals surface area contributed by atoms with E-state index in [1.54, 1.807) is 7.11 Å². The number of amides is 1. The monoisotopic (exact) mass is 344 g/mol. The molecule has 0 heterocycles. The normalized spacial score (nSPS) is 12.7. The summed E-state index contributed by atoms with van der Waals surface area (Å²) in [6.45, 7) is 5.71. The van der Waals surface area contributed by atoms with Gasteiger partial charge >= 0.3 is 6.09 Å². The summed E-state index contributed by atoms with van der Waals surface area (Å²) >= 11 is 3.45. The van der Waals surface area contributed by atoms with Crippen LogP contribution in [0.5, 0.6) is 5.75 Å². The predicted molar refractivity (Wildman–Crippen MR) is 81.9 cm³/mol. The molecule has 5 nitrogen and oxygen atoms in total. The van der Waals surface area contributed by atoms with Crippen LogP contribution in [0.25, 0.3) is 0 Å². The van der Waals surface area contributed by atoms with Gasteiger partial charge in [-0.3, -0.25) is 0 Å². The van der Waals surface area contributed by atoms with Gasteiger partial charge in [-0.05, 0) is 48.3 Å². The van der Waals surface area contributed by atoms with E-state index in [0.29, 0.717) is 5.75 Å². The summed E-state index contributed by atoms with van der Waals surface area (Å²) in [6, 6.07) is 5.22. The highest BCUT2D eigenvalue weighted by atomic mass is 79.9. The van der Waals surface area contributed by atoms with Crippen molar-refractivity contribution >= 4 is 22.0 Å². The summed E-state index contributed by atoms with van der Waals surface area (Å²) in [5, 5.41) is 2.65. The van der Waals surface area contributed by atoms with E-state index in [1.807, 2.05) is 39.0 Å². The van der Waals surface area contributed by atoms with Gasteiger partial charge in [-0.2, -0.15) is 0 Å². The molecule has 1 amide bonds. The van der Waals surface area contributed by atoms with Gasteiger partial charge in [-0.15, -0.1) is 0 Å². The number of carbonyl (C=O) groups excluding carboxylic acids is 1. The molecule has 0 radical (unpaired) electrons. The van der Waals surface area contributed by atoms with Crippen LogP contribution in [0.2, 0.25) is 0 Å². The second-order valence-corrected chi connectivity index (χ2v) is 6.15. The molecule has 1 atom stereocenters. The number of hydrogen-bond donors (Lipinski definition) is 2. The first kappa shape index (κ1) is 16.8. The zero-order valence-electron chi connectivity index (χ0n) is 12.2. The second kappa shape index (κ2) is 6.95. The summed E-state index contributed by atoms with van der Waals surface area (Å²) in [5.41, 5.74) is 6.41. The zero-order chi connectivity index (χ0) is 15.3. The van der Waals surface area contributed by atoms with Gasteiger partial charge in [0.05, 0.1) is 11.6 Å². The maximum absolute atomic E-state index is 11.6. The maximum atomic E-state index is 11.6. The van der Waals surface area contributed by atoms with E-state index in [4.69, 9.17) is 15.2 Å². The third-order valence-electron chi connectivity index (χ3n) is 2.48. The lowest BCUT2D eigenvalue weighted by molar-refractivity contribution is 0.0524. The molecule has 1 unspecified atom stereocenters. The van der Waals surface area contributed by atoms with Crippen LogP contribution >= 0.6 is 15.9 Å². The average molecular weight is 345 g/mol. The van der Waals surface area contributed by atoms with E-state index < -0.39 is 11.7 Å². The number of rotatable bonds is 4. The van der Waals surface area contributed by atoms with Gasteiger partial charge in [0.1, 0.15) is 11.4 Å². The predicted octanol–water partition coefficient (Wildman–Crippen LogP) is 2.98. The number of carbonyl (C=O) groups is 1. The molecule has 6 heteroatoms. The molecule has 0 aromatic heterocycles. The molecule has 0 fully saturated rings. The van der Waals surface area contributed by atoms with E-state index in [0.717, 1.165) is 10.0 Å². The highest BCUT2D eigenvalue weighted by molar-refractivity contribution is 9.10. The first-order valence-corrected chi connectivity index (χ1v) is 7.08. The fraction of sp³-hybridized carbons (Fsp3) is 0.500. The van der Waals surface area contributed by atoms with Crippen molar-refractivity contribution in [3.63, 3.8) is 0 Å². The van der Waals surface area contributed by atoms with Gasteiger partial charge in [0.25, 0.3) is 0 Å². The van der Waals surface area contributed by atoms with Crippen molar-refractivity contribution in [3.05, 3.63) is 28.2 Å². The minimum absolute atomic E-state index is 0.278. The molecular weight excluding hydrogens is 324 g/mol. The molecule has 0 aliphatic rings. The third kappa shape index (κ3) is 5.02. The molecule has 0 spiro atoms. The van der Waals surface area contributed by atoms with E-state index in [2.05, 4.69) is 21.2 Å². The van der Waals surface area contributed by atoms with Crippen LogP contribution in [-0.2, 0) is 4.74 Å². The molecular formula is C14H21BrN2O3. The minimum Gasteiger partial charge on any atom is -0.496 e. The molecule has 0 aliphatic heterocycles. The maximum Gasteiger partial charge on any atom is 0.407 e. The SMILES string of the molecule is COc1cccc(C(N)CNC(=O)OC(C)(C)C)c1Br. The number of nitrogens with two attached hydrogens (primary N) is 1. The molecule has 1 aromatic carbocycles. The van der Waals surface area contributed by atoms with Crippen LogP contribution in [-0.4, -0.2) is 25.3 Å². The Morgan fingerprint density at radius 2 is 2.10 bits per heavy atom. The fourth-order valence-corrected chi connectivity index (χ4v) is 2.31. The smallest absolute Gasteiger partial charge is 0.407 e. The summed E-state index contributed by atoms with van der Waals surface area (Å²) in [7, 11) is 1.59. The van der Waals surface area contributed by atoms with Crippen LogP contribution in [0.1, 0.15) is 32.4 Å². The lowest BCUT2D eigenvalue weighted by atomic mass is 10.1. The third-order valence-corrected chi connectivity index (χ3v) is 3.33. The molecule has 0 saturated heterocycles. The molecule has 0 bridgehead atoms. The van der Waals surface area contributed by atoms with Crippen molar-refractivity contribution in [1.82, 2.24) is 5.32 Å². The van der Waals surface area contributed by atoms with Crippen molar-refractivity contribution in [2.24, 2.45) is 5.73 Å². The van der Waals surface area contributed by atoms with Crippen LogP contribution in [0.4, 0.5) is 4.79 Å². The van der Waals surface area contributed by atoms with Gasteiger partial charge in [0.15, 0.2) is 0 Å². The highest BCUT2D eigenvalue weighted by Crippen LogP contribution is 2.31. The Bertz CT molecular complexity index is 472. The van der Waals surface area contributed by atoms with Crippen LogP contribution in [0.15, 0.2) is 22.7 Å². The van der Waals surface area contributed by atoms with Crippen molar-refractivity contribution < 1.29 is 14.3 Å². The Balaban J connectivity index is 2.64. The number of ether oxygens (including phenoxy) is 2.